The second-order valence-electron chi connectivity index (χ2n) is 14.3. The van der Waals surface area contributed by atoms with E-state index in [1.165, 1.54) is 128 Å². The van der Waals surface area contributed by atoms with Crippen molar-refractivity contribution in [3.8, 4) is 0 Å². The summed E-state index contributed by atoms with van der Waals surface area (Å²) >= 11 is 0. The minimum atomic E-state index is -4.62. The van der Waals surface area contributed by atoms with Crippen molar-refractivity contribution < 1.29 is 47.8 Å². The Bertz CT molecular complexity index is 827. The molecule has 11 heteroatoms. The molecule has 0 radical (unpaired) electrons. The van der Waals surface area contributed by atoms with Crippen LogP contribution in [0.4, 0.5) is 0 Å². The SMILES string of the molecule is CCCCCCCCCCCCCCCCCC(=O)OC(CO)COP(=O)(O)OCC(CO)OC(=O)CCCCCCCCCCCCCCC. The van der Waals surface area contributed by atoms with Gasteiger partial charge in [-0.3, -0.25) is 18.6 Å². The molecule has 0 aliphatic carbocycles. The summed E-state index contributed by atoms with van der Waals surface area (Å²) in [6, 6.07) is 0. The fraction of sp³-hybridized carbons (Fsp3) is 0.950. The van der Waals surface area contributed by atoms with E-state index in [0.29, 0.717) is 12.8 Å². The summed E-state index contributed by atoms with van der Waals surface area (Å²) in [6.07, 6.45) is 32.1. The third-order valence-electron chi connectivity index (χ3n) is 9.32. The molecule has 0 rings (SSSR count). The van der Waals surface area contributed by atoms with Gasteiger partial charge in [0.05, 0.1) is 26.4 Å². The predicted molar refractivity (Wildman–Crippen MR) is 206 cm³/mol. The fourth-order valence-corrected chi connectivity index (χ4v) is 6.84. The molecule has 0 saturated carbocycles. The summed E-state index contributed by atoms with van der Waals surface area (Å²) in [7, 11) is -4.62. The zero-order valence-corrected chi connectivity index (χ0v) is 33.7. The van der Waals surface area contributed by atoms with E-state index >= 15 is 0 Å². The van der Waals surface area contributed by atoms with Crippen LogP contribution in [-0.2, 0) is 32.7 Å². The second kappa shape index (κ2) is 37.3. The molecule has 51 heavy (non-hydrogen) atoms. The molecule has 0 bridgehead atoms. The van der Waals surface area contributed by atoms with Crippen LogP contribution in [-0.4, -0.2) is 65.7 Å². The Kier molecular flexibility index (Phi) is 36.5. The van der Waals surface area contributed by atoms with E-state index in [9.17, 15) is 29.3 Å². The molecule has 3 atom stereocenters. The van der Waals surface area contributed by atoms with Gasteiger partial charge in [-0.15, -0.1) is 0 Å². The van der Waals surface area contributed by atoms with Crippen molar-refractivity contribution >= 4 is 19.8 Å². The van der Waals surface area contributed by atoms with E-state index in [2.05, 4.69) is 13.8 Å². The highest BCUT2D eigenvalue weighted by atomic mass is 31.2. The maximum absolute atomic E-state index is 12.3. The first-order valence-electron chi connectivity index (χ1n) is 21.0. The van der Waals surface area contributed by atoms with Gasteiger partial charge in [-0.25, -0.2) is 4.57 Å². The highest BCUT2D eigenvalue weighted by Gasteiger charge is 2.27. The van der Waals surface area contributed by atoms with Crippen LogP contribution in [0.5, 0.6) is 0 Å². The topological polar surface area (TPSA) is 149 Å². The van der Waals surface area contributed by atoms with Gasteiger partial charge in [0.2, 0.25) is 0 Å². The predicted octanol–water partition coefficient (Wildman–Crippen LogP) is 10.7. The van der Waals surface area contributed by atoms with Crippen LogP contribution in [0.1, 0.15) is 206 Å². The largest absolute Gasteiger partial charge is 0.472 e. The lowest BCUT2D eigenvalue weighted by molar-refractivity contribution is -0.153. The minimum Gasteiger partial charge on any atom is -0.457 e. The van der Waals surface area contributed by atoms with Gasteiger partial charge >= 0.3 is 19.8 Å². The van der Waals surface area contributed by atoms with Crippen molar-refractivity contribution in [1.29, 1.82) is 0 Å². The van der Waals surface area contributed by atoms with Crippen molar-refractivity contribution in [3.63, 3.8) is 0 Å². The highest BCUT2D eigenvalue weighted by molar-refractivity contribution is 7.47. The summed E-state index contributed by atoms with van der Waals surface area (Å²) in [5.74, 6) is -1.01. The molecule has 0 amide bonds. The molecule has 0 aliphatic heterocycles. The smallest absolute Gasteiger partial charge is 0.457 e. The average molecular weight is 751 g/mol. The Morgan fingerprint density at radius 2 is 0.686 bits per heavy atom. The lowest BCUT2D eigenvalue weighted by atomic mass is 10.0. The monoisotopic (exact) mass is 751 g/mol. The third-order valence-corrected chi connectivity index (χ3v) is 10.3. The normalized spacial score (nSPS) is 13.9. The Hall–Kier alpha value is -1.03. The molecule has 0 aromatic rings. The van der Waals surface area contributed by atoms with Gasteiger partial charge < -0.3 is 24.6 Å². The van der Waals surface area contributed by atoms with E-state index in [4.69, 9.17) is 18.5 Å². The van der Waals surface area contributed by atoms with Crippen LogP contribution < -0.4 is 0 Å². The number of esters is 2. The summed E-state index contributed by atoms with van der Waals surface area (Å²) < 4.78 is 32.5. The Morgan fingerprint density at radius 1 is 0.451 bits per heavy atom. The van der Waals surface area contributed by atoms with E-state index in [-0.39, 0.29) is 12.8 Å². The number of ether oxygens (including phenoxy) is 2. The molecular weight excluding hydrogens is 671 g/mol. The van der Waals surface area contributed by atoms with Crippen molar-refractivity contribution in [2.24, 2.45) is 0 Å². The van der Waals surface area contributed by atoms with Gasteiger partial charge in [0, 0.05) is 12.8 Å². The molecule has 3 N–H and O–H groups in total. The van der Waals surface area contributed by atoms with E-state index in [1.54, 1.807) is 0 Å². The van der Waals surface area contributed by atoms with Gasteiger partial charge in [-0.1, -0.05) is 181 Å². The fourth-order valence-electron chi connectivity index (χ4n) is 6.06. The van der Waals surface area contributed by atoms with Crippen LogP contribution >= 0.6 is 7.82 Å². The molecule has 0 aliphatic rings. The van der Waals surface area contributed by atoms with Gasteiger partial charge in [0.15, 0.2) is 0 Å². The number of carbonyl (C=O) groups excluding carboxylic acids is 2. The lowest BCUT2D eigenvalue weighted by Gasteiger charge is -2.20. The van der Waals surface area contributed by atoms with Crippen molar-refractivity contribution in [2.75, 3.05) is 26.4 Å². The molecule has 304 valence electrons. The summed E-state index contributed by atoms with van der Waals surface area (Å²) in [4.78, 5) is 34.4. The van der Waals surface area contributed by atoms with Crippen molar-refractivity contribution in [2.45, 2.75) is 219 Å². The summed E-state index contributed by atoms with van der Waals surface area (Å²) in [5.41, 5.74) is 0. The number of phosphoric acid groups is 1. The molecule has 3 unspecified atom stereocenters. The number of aliphatic hydroxyl groups is 2. The van der Waals surface area contributed by atoms with Gasteiger partial charge in [-0.05, 0) is 12.8 Å². The zero-order chi connectivity index (χ0) is 37.7. The summed E-state index contributed by atoms with van der Waals surface area (Å²) in [5, 5.41) is 19.1. The quantitative estimate of drug-likeness (QED) is 0.0314. The maximum atomic E-state index is 12.3. The number of hydrogen-bond donors (Lipinski definition) is 3. The number of phosphoric ester groups is 1. The van der Waals surface area contributed by atoms with Crippen LogP contribution in [0.2, 0.25) is 0 Å². The number of aliphatic hydroxyl groups excluding tert-OH is 2. The Morgan fingerprint density at radius 3 is 0.922 bits per heavy atom. The maximum Gasteiger partial charge on any atom is 0.472 e. The molecular formula is C40H79O10P. The van der Waals surface area contributed by atoms with E-state index in [0.717, 1.165) is 38.5 Å². The van der Waals surface area contributed by atoms with E-state index < -0.39 is 58.4 Å². The number of carbonyl (C=O) groups is 2. The minimum absolute atomic E-state index is 0.199. The molecule has 0 aromatic heterocycles. The molecule has 10 nitrogen and oxygen atoms in total. The zero-order valence-electron chi connectivity index (χ0n) is 32.8. The van der Waals surface area contributed by atoms with Crippen molar-refractivity contribution in [1.82, 2.24) is 0 Å². The van der Waals surface area contributed by atoms with Crippen LogP contribution in [0.15, 0.2) is 0 Å². The third kappa shape index (κ3) is 35.8. The molecule has 0 aromatic carbocycles. The average Bonchev–Trinajstić information content (AvgIpc) is 3.12. The van der Waals surface area contributed by atoms with Crippen molar-refractivity contribution in [3.05, 3.63) is 0 Å². The molecule has 0 heterocycles. The standard InChI is InChI=1S/C40H79O10P/c1-3-5-7-9-11-13-15-17-18-20-22-24-26-28-30-32-40(44)50-38(34-42)36-48-51(45,46)47-35-37(33-41)49-39(43)31-29-27-25-23-21-19-16-14-12-10-8-6-4-2/h37-38,41-42H,3-36H2,1-2H3,(H,45,46). The first-order chi connectivity index (χ1) is 24.8. The highest BCUT2D eigenvalue weighted by Crippen LogP contribution is 2.43. The molecule has 0 fully saturated rings. The Balaban J connectivity index is 3.91. The van der Waals surface area contributed by atoms with Crippen LogP contribution in [0, 0.1) is 0 Å². The number of rotatable bonds is 40. The molecule has 0 saturated heterocycles. The number of hydrogen-bond acceptors (Lipinski definition) is 9. The first kappa shape index (κ1) is 50.0. The van der Waals surface area contributed by atoms with Gasteiger partial charge in [-0.2, -0.15) is 0 Å². The molecule has 0 spiro atoms. The van der Waals surface area contributed by atoms with Crippen LogP contribution in [0.3, 0.4) is 0 Å². The second-order valence-corrected chi connectivity index (χ2v) is 15.8. The van der Waals surface area contributed by atoms with Crippen LogP contribution in [0.25, 0.3) is 0 Å². The van der Waals surface area contributed by atoms with E-state index in [1.807, 2.05) is 0 Å². The lowest BCUT2D eigenvalue weighted by Crippen LogP contribution is -2.28. The van der Waals surface area contributed by atoms with Gasteiger partial charge in [0.25, 0.3) is 0 Å². The van der Waals surface area contributed by atoms with Gasteiger partial charge in [0.1, 0.15) is 12.2 Å². The first-order valence-corrected chi connectivity index (χ1v) is 22.5. The number of unbranched alkanes of at least 4 members (excludes halogenated alkanes) is 26. The Labute approximate surface area is 312 Å². The summed E-state index contributed by atoms with van der Waals surface area (Å²) in [6.45, 7) is 2.23.